The quantitative estimate of drug-likeness (QED) is 0.806. The average Bonchev–Trinajstić information content (AvgIpc) is 2.45. The Kier molecular flexibility index (Phi) is 4.57. The van der Waals surface area contributed by atoms with Crippen molar-refractivity contribution in [2.24, 2.45) is 0 Å². The average molecular weight is 246 g/mol. The van der Waals surface area contributed by atoms with Gasteiger partial charge >= 0.3 is 0 Å². The van der Waals surface area contributed by atoms with Gasteiger partial charge in [0.25, 0.3) is 0 Å². The van der Waals surface area contributed by atoms with Crippen LogP contribution in [0.3, 0.4) is 0 Å². The van der Waals surface area contributed by atoms with Gasteiger partial charge in [-0.2, -0.15) is 5.26 Å². The van der Waals surface area contributed by atoms with E-state index < -0.39 is 0 Å². The second-order valence-electron chi connectivity index (χ2n) is 4.39. The maximum absolute atomic E-state index is 8.97. The molecule has 4 heteroatoms. The normalized spacial score (nSPS) is 16.2. The first-order valence-electron chi connectivity index (χ1n) is 6.20. The van der Waals surface area contributed by atoms with E-state index in [-0.39, 0.29) is 0 Å². The smallest absolute Gasteiger partial charge is 0.120 e. The topological polar surface area (TPSA) is 45.5 Å². The first-order chi connectivity index (χ1) is 8.81. The highest BCUT2D eigenvalue weighted by molar-refractivity contribution is 5.40. The van der Waals surface area contributed by atoms with Crippen molar-refractivity contribution in [3.63, 3.8) is 0 Å². The Morgan fingerprint density at radius 1 is 1.33 bits per heavy atom. The van der Waals surface area contributed by atoms with E-state index in [1.165, 1.54) is 0 Å². The zero-order valence-corrected chi connectivity index (χ0v) is 10.7. The molecule has 1 aromatic carbocycles. The molecule has 0 amide bonds. The van der Waals surface area contributed by atoms with E-state index in [2.05, 4.69) is 11.0 Å². The Morgan fingerprint density at radius 3 is 2.78 bits per heavy atom. The lowest BCUT2D eigenvalue weighted by Crippen LogP contribution is -2.37. The van der Waals surface area contributed by atoms with Crippen LogP contribution in [-0.2, 0) is 11.2 Å². The third-order valence-corrected chi connectivity index (χ3v) is 3.15. The number of hydrogen-bond donors (Lipinski definition) is 0. The molecule has 0 unspecified atom stereocenters. The van der Waals surface area contributed by atoms with Crippen molar-refractivity contribution in [3.8, 4) is 11.8 Å². The van der Waals surface area contributed by atoms with Crippen LogP contribution in [0.25, 0.3) is 0 Å². The second-order valence-corrected chi connectivity index (χ2v) is 4.39. The number of benzene rings is 1. The van der Waals surface area contributed by atoms with Gasteiger partial charge in [-0.3, -0.25) is 4.90 Å². The summed E-state index contributed by atoms with van der Waals surface area (Å²) in [7, 11) is 1.63. The summed E-state index contributed by atoms with van der Waals surface area (Å²) >= 11 is 0. The summed E-state index contributed by atoms with van der Waals surface area (Å²) in [5, 5.41) is 8.97. The van der Waals surface area contributed by atoms with E-state index in [0.29, 0.717) is 5.56 Å². The Morgan fingerprint density at radius 2 is 2.11 bits per heavy atom. The number of morpholine rings is 1. The van der Waals surface area contributed by atoms with Crippen molar-refractivity contribution in [2.45, 2.75) is 6.42 Å². The molecule has 1 fully saturated rings. The molecule has 1 aliphatic heterocycles. The molecule has 0 radical (unpaired) electrons. The van der Waals surface area contributed by atoms with Gasteiger partial charge in [-0.1, -0.05) is 0 Å². The monoisotopic (exact) mass is 246 g/mol. The molecule has 0 aromatic heterocycles. The molecule has 0 N–H and O–H groups in total. The van der Waals surface area contributed by atoms with Crippen LogP contribution in [0, 0.1) is 11.3 Å². The Bertz CT molecular complexity index is 434. The van der Waals surface area contributed by atoms with Crippen molar-refractivity contribution < 1.29 is 9.47 Å². The van der Waals surface area contributed by atoms with Gasteiger partial charge in [-0.25, -0.2) is 0 Å². The van der Waals surface area contributed by atoms with E-state index in [9.17, 15) is 0 Å². The fraction of sp³-hybridized carbons (Fsp3) is 0.500. The number of ether oxygens (including phenoxy) is 2. The van der Waals surface area contributed by atoms with E-state index in [1.807, 2.05) is 12.1 Å². The van der Waals surface area contributed by atoms with Crippen LogP contribution in [0.2, 0.25) is 0 Å². The van der Waals surface area contributed by atoms with Crippen LogP contribution in [0.5, 0.6) is 5.75 Å². The lowest BCUT2D eigenvalue weighted by molar-refractivity contribution is 0.0384. The predicted molar refractivity (Wildman–Crippen MR) is 68.7 cm³/mol. The molecular weight excluding hydrogens is 228 g/mol. The van der Waals surface area contributed by atoms with Crippen molar-refractivity contribution >= 4 is 0 Å². The van der Waals surface area contributed by atoms with Gasteiger partial charge in [0.1, 0.15) is 5.75 Å². The highest BCUT2D eigenvalue weighted by atomic mass is 16.5. The van der Waals surface area contributed by atoms with Crippen molar-refractivity contribution in [1.29, 1.82) is 5.26 Å². The largest absolute Gasteiger partial charge is 0.497 e. The van der Waals surface area contributed by atoms with E-state index in [4.69, 9.17) is 14.7 Å². The fourth-order valence-electron chi connectivity index (χ4n) is 2.10. The van der Waals surface area contributed by atoms with Crippen LogP contribution in [0.4, 0.5) is 0 Å². The molecule has 0 bridgehead atoms. The minimum Gasteiger partial charge on any atom is -0.497 e. The summed E-state index contributed by atoms with van der Waals surface area (Å²) < 4.78 is 10.5. The molecule has 0 aliphatic carbocycles. The van der Waals surface area contributed by atoms with Gasteiger partial charge in [0.05, 0.1) is 32.0 Å². The van der Waals surface area contributed by atoms with Crippen molar-refractivity contribution in [3.05, 3.63) is 29.3 Å². The van der Waals surface area contributed by atoms with Gasteiger partial charge in [-0.05, 0) is 30.2 Å². The molecule has 18 heavy (non-hydrogen) atoms. The maximum Gasteiger partial charge on any atom is 0.120 e. The van der Waals surface area contributed by atoms with Crippen LogP contribution in [0.15, 0.2) is 18.2 Å². The molecule has 0 atom stereocenters. The summed E-state index contributed by atoms with van der Waals surface area (Å²) in [5.74, 6) is 0.756. The van der Waals surface area contributed by atoms with Crippen LogP contribution in [0.1, 0.15) is 11.1 Å². The van der Waals surface area contributed by atoms with Crippen molar-refractivity contribution in [2.75, 3.05) is 40.0 Å². The summed E-state index contributed by atoms with van der Waals surface area (Å²) in [6.45, 7) is 4.63. The first-order valence-corrected chi connectivity index (χ1v) is 6.20. The standard InChI is InChI=1S/C14H18N2O2/c1-17-14-9-12(8-13(10-14)11-15)2-3-16-4-6-18-7-5-16/h8-10H,2-7H2,1H3. The highest BCUT2D eigenvalue weighted by Crippen LogP contribution is 2.17. The van der Waals surface area contributed by atoms with Crippen LogP contribution in [-0.4, -0.2) is 44.9 Å². The van der Waals surface area contributed by atoms with Gasteiger partial charge in [0, 0.05) is 19.6 Å². The third-order valence-electron chi connectivity index (χ3n) is 3.15. The Labute approximate surface area is 108 Å². The maximum atomic E-state index is 8.97. The molecule has 1 heterocycles. The molecule has 1 aromatic rings. The Hall–Kier alpha value is -1.57. The fourth-order valence-corrected chi connectivity index (χ4v) is 2.10. The summed E-state index contributed by atoms with van der Waals surface area (Å²) in [5.41, 5.74) is 1.81. The lowest BCUT2D eigenvalue weighted by atomic mass is 10.1. The Balaban J connectivity index is 1.97. The minimum atomic E-state index is 0.659. The van der Waals surface area contributed by atoms with Gasteiger partial charge < -0.3 is 9.47 Å². The number of nitriles is 1. The molecule has 2 rings (SSSR count). The molecule has 0 spiro atoms. The number of rotatable bonds is 4. The van der Waals surface area contributed by atoms with Crippen molar-refractivity contribution in [1.82, 2.24) is 4.90 Å². The first kappa shape index (κ1) is 12.9. The van der Waals surface area contributed by atoms with Crippen LogP contribution >= 0.6 is 0 Å². The minimum absolute atomic E-state index is 0.659. The number of methoxy groups -OCH3 is 1. The van der Waals surface area contributed by atoms with E-state index >= 15 is 0 Å². The summed E-state index contributed by atoms with van der Waals surface area (Å²) in [6, 6.07) is 7.86. The second kappa shape index (κ2) is 6.39. The molecular formula is C14H18N2O2. The zero-order chi connectivity index (χ0) is 12.8. The molecule has 0 saturated carbocycles. The van der Waals surface area contributed by atoms with Gasteiger partial charge in [0.15, 0.2) is 0 Å². The third kappa shape index (κ3) is 3.46. The van der Waals surface area contributed by atoms with E-state index in [1.54, 1.807) is 13.2 Å². The molecule has 1 aliphatic rings. The SMILES string of the molecule is COc1cc(C#N)cc(CCN2CCOCC2)c1. The van der Waals surface area contributed by atoms with Gasteiger partial charge in [-0.15, -0.1) is 0 Å². The summed E-state index contributed by atoms with van der Waals surface area (Å²) in [4.78, 5) is 2.38. The van der Waals surface area contributed by atoms with E-state index in [0.717, 1.165) is 50.6 Å². The molecule has 96 valence electrons. The lowest BCUT2D eigenvalue weighted by Gasteiger charge is -2.26. The molecule has 1 saturated heterocycles. The number of hydrogen-bond acceptors (Lipinski definition) is 4. The van der Waals surface area contributed by atoms with Crippen LogP contribution < -0.4 is 4.74 Å². The molecule has 4 nitrogen and oxygen atoms in total. The highest BCUT2D eigenvalue weighted by Gasteiger charge is 2.10. The van der Waals surface area contributed by atoms with Gasteiger partial charge in [0.2, 0.25) is 0 Å². The number of nitrogens with zero attached hydrogens (tertiary/aromatic N) is 2. The zero-order valence-electron chi connectivity index (χ0n) is 10.7. The predicted octanol–water partition coefficient (Wildman–Crippen LogP) is 1.44. The summed E-state index contributed by atoms with van der Waals surface area (Å²) in [6.07, 6.45) is 0.936.